The summed E-state index contributed by atoms with van der Waals surface area (Å²) in [6.45, 7) is 1.23. The van der Waals surface area contributed by atoms with Gasteiger partial charge in [0.05, 0.1) is 24.7 Å². The Morgan fingerprint density at radius 1 is 1.58 bits per heavy atom. The van der Waals surface area contributed by atoms with Gasteiger partial charge in [0.15, 0.2) is 0 Å². The molecule has 102 valence electrons. The molecule has 1 rings (SSSR count). The number of rotatable bonds is 7. The van der Waals surface area contributed by atoms with Crippen LogP contribution in [0.15, 0.2) is 18.3 Å². The van der Waals surface area contributed by atoms with Crippen molar-refractivity contribution in [3.8, 4) is 6.07 Å². The molecule has 0 atom stereocenters. The second kappa shape index (κ2) is 8.02. The van der Waals surface area contributed by atoms with Gasteiger partial charge < -0.3 is 15.1 Å². The largest absolute Gasteiger partial charge is 0.383 e. The number of amides is 1. The molecule has 0 fully saturated rings. The number of carbonyl (C=O) groups is 1. The Bertz CT molecular complexity index is 440. The molecule has 1 amide bonds. The minimum atomic E-state index is -0.177. The Morgan fingerprint density at radius 3 is 2.89 bits per heavy atom. The molecule has 0 bridgehead atoms. The van der Waals surface area contributed by atoms with E-state index >= 15 is 0 Å². The second-order valence-electron chi connectivity index (χ2n) is 3.77. The van der Waals surface area contributed by atoms with E-state index in [9.17, 15) is 4.79 Å². The van der Waals surface area contributed by atoms with E-state index in [4.69, 9.17) is 15.8 Å². The first-order valence-electron chi connectivity index (χ1n) is 5.80. The van der Waals surface area contributed by atoms with Gasteiger partial charge in [-0.3, -0.25) is 4.79 Å². The Balaban J connectivity index is 2.75. The minimum Gasteiger partial charge on any atom is -0.383 e. The van der Waals surface area contributed by atoms with Crippen molar-refractivity contribution in [2.24, 2.45) is 5.84 Å². The number of hydrogen-bond donors (Lipinski definition) is 2. The first-order valence-corrected chi connectivity index (χ1v) is 5.80. The number of methoxy groups -OCH3 is 1. The van der Waals surface area contributed by atoms with Crippen LogP contribution in [0.1, 0.15) is 16.8 Å². The van der Waals surface area contributed by atoms with E-state index < -0.39 is 0 Å². The molecule has 0 saturated carbocycles. The summed E-state index contributed by atoms with van der Waals surface area (Å²) in [6.07, 6.45) is 1.73. The summed E-state index contributed by atoms with van der Waals surface area (Å²) in [4.78, 5) is 17.8. The predicted molar refractivity (Wildman–Crippen MR) is 70.1 cm³/mol. The third-order valence-electron chi connectivity index (χ3n) is 2.50. The lowest BCUT2D eigenvalue weighted by Gasteiger charge is -2.21. The average Bonchev–Trinajstić information content (AvgIpc) is 2.47. The zero-order chi connectivity index (χ0) is 14.1. The maximum atomic E-state index is 12.2. The highest BCUT2D eigenvalue weighted by molar-refractivity contribution is 5.94. The van der Waals surface area contributed by atoms with E-state index in [1.165, 1.54) is 6.20 Å². The smallest absolute Gasteiger partial charge is 0.255 e. The summed E-state index contributed by atoms with van der Waals surface area (Å²) in [5, 5.41) is 8.61. The van der Waals surface area contributed by atoms with E-state index in [1.807, 2.05) is 6.07 Å². The molecule has 0 aromatic carbocycles. The van der Waals surface area contributed by atoms with Crippen LogP contribution < -0.4 is 11.3 Å². The first-order chi connectivity index (χ1) is 9.22. The van der Waals surface area contributed by atoms with Gasteiger partial charge in [0.2, 0.25) is 0 Å². The van der Waals surface area contributed by atoms with Crippen LogP contribution in [0.3, 0.4) is 0 Å². The third kappa shape index (κ3) is 4.54. The number of nitrogens with two attached hydrogens (primary N) is 1. The van der Waals surface area contributed by atoms with Gasteiger partial charge in [-0.2, -0.15) is 5.26 Å². The fourth-order valence-corrected chi connectivity index (χ4v) is 1.49. The molecular formula is C12H17N5O2. The molecule has 19 heavy (non-hydrogen) atoms. The fraction of sp³-hybridized carbons (Fsp3) is 0.417. The molecule has 1 aromatic rings. The first kappa shape index (κ1) is 14.9. The van der Waals surface area contributed by atoms with Crippen molar-refractivity contribution >= 4 is 11.7 Å². The second-order valence-corrected chi connectivity index (χ2v) is 3.77. The molecule has 0 aliphatic carbocycles. The van der Waals surface area contributed by atoms with Crippen molar-refractivity contribution in [1.29, 1.82) is 5.26 Å². The van der Waals surface area contributed by atoms with Gasteiger partial charge in [-0.1, -0.05) is 0 Å². The Morgan fingerprint density at radius 2 is 2.37 bits per heavy atom. The summed E-state index contributed by atoms with van der Waals surface area (Å²) in [5.74, 6) is 5.51. The molecule has 0 spiro atoms. The van der Waals surface area contributed by atoms with Crippen molar-refractivity contribution in [2.45, 2.75) is 6.42 Å². The molecule has 0 aliphatic rings. The van der Waals surface area contributed by atoms with Gasteiger partial charge in [-0.25, -0.2) is 10.8 Å². The highest BCUT2D eigenvalue weighted by atomic mass is 16.5. The SMILES string of the molecule is COCCN(CCC#N)C(=O)c1ccc(NN)nc1. The standard InChI is InChI=1S/C12H17N5O2/c1-19-8-7-17(6-2-5-13)12(18)10-3-4-11(16-14)15-9-10/h3-4,9H,2,6-8,14H2,1H3,(H,15,16). The fourth-order valence-electron chi connectivity index (χ4n) is 1.49. The molecule has 7 heteroatoms. The monoisotopic (exact) mass is 263 g/mol. The Kier molecular flexibility index (Phi) is 6.29. The summed E-state index contributed by atoms with van der Waals surface area (Å²) < 4.78 is 4.96. The number of nitriles is 1. The highest BCUT2D eigenvalue weighted by Gasteiger charge is 2.15. The van der Waals surface area contributed by atoms with Gasteiger partial charge in [-0.15, -0.1) is 0 Å². The van der Waals surface area contributed by atoms with Crippen LogP contribution in [0.25, 0.3) is 0 Å². The van der Waals surface area contributed by atoms with Crippen LogP contribution in [0.5, 0.6) is 0 Å². The van der Waals surface area contributed by atoms with Gasteiger partial charge in [0.1, 0.15) is 5.82 Å². The minimum absolute atomic E-state index is 0.177. The number of hydrogen-bond acceptors (Lipinski definition) is 6. The zero-order valence-corrected chi connectivity index (χ0v) is 10.8. The lowest BCUT2D eigenvalue weighted by Crippen LogP contribution is -2.34. The van der Waals surface area contributed by atoms with Crippen LogP contribution in [0.4, 0.5) is 5.82 Å². The summed E-state index contributed by atoms with van der Waals surface area (Å²) in [6, 6.07) is 5.28. The zero-order valence-electron chi connectivity index (χ0n) is 10.8. The lowest BCUT2D eigenvalue weighted by molar-refractivity contribution is 0.0699. The normalized spacial score (nSPS) is 9.74. The van der Waals surface area contributed by atoms with Crippen molar-refractivity contribution in [1.82, 2.24) is 9.88 Å². The van der Waals surface area contributed by atoms with Crippen molar-refractivity contribution in [3.63, 3.8) is 0 Å². The maximum absolute atomic E-state index is 12.2. The number of hydrazine groups is 1. The number of anilines is 1. The number of aromatic nitrogens is 1. The van der Waals surface area contributed by atoms with E-state index in [2.05, 4.69) is 10.4 Å². The van der Waals surface area contributed by atoms with E-state index in [0.29, 0.717) is 31.1 Å². The van der Waals surface area contributed by atoms with E-state index in [0.717, 1.165) is 0 Å². The predicted octanol–water partition coefficient (Wildman–Crippen LogP) is 0.369. The molecule has 0 unspecified atom stereocenters. The van der Waals surface area contributed by atoms with Crippen molar-refractivity contribution < 1.29 is 9.53 Å². The Labute approximate surface area is 111 Å². The number of nitrogens with zero attached hydrogens (tertiary/aromatic N) is 3. The molecule has 0 aliphatic heterocycles. The summed E-state index contributed by atoms with van der Waals surface area (Å²) >= 11 is 0. The van der Waals surface area contributed by atoms with Crippen LogP contribution in [-0.4, -0.2) is 42.6 Å². The molecule has 1 heterocycles. The van der Waals surface area contributed by atoms with Gasteiger partial charge in [0.25, 0.3) is 5.91 Å². The number of ether oxygens (including phenoxy) is 1. The van der Waals surface area contributed by atoms with Crippen LogP contribution >= 0.6 is 0 Å². The molecule has 7 nitrogen and oxygen atoms in total. The average molecular weight is 263 g/mol. The van der Waals surface area contributed by atoms with Gasteiger partial charge in [-0.05, 0) is 12.1 Å². The molecule has 0 saturated heterocycles. The maximum Gasteiger partial charge on any atom is 0.255 e. The van der Waals surface area contributed by atoms with Gasteiger partial charge in [0, 0.05) is 26.4 Å². The molecule has 1 aromatic heterocycles. The van der Waals surface area contributed by atoms with Crippen LogP contribution in [-0.2, 0) is 4.74 Å². The van der Waals surface area contributed by atoms with Crippen LogP contribution in [0, 0.1) is 11.3 Å². The van der Waals surface area contributed by atoms with Crippen molar-refractivity contribution in [2.75, 3.05) is 32.2 Å². The number of nitrogen functional groups attached to an aromatic ring is 1. The Hall–Kier alpha value is -2.17. The summed E-state index contributed by atoms with van der Waals surface area (Å²) in [7, 11) is 1.57. The number of carbonyl (C=O) groups excluding carboxylic acids is 1. The third-order valence-corrected chi connectivity index (χ3v) is 2.50. The van der Waals surface area contributed by atoms with Crippen LogP contribution in [0.2, 0.25) is 0 Å². The molecular weight excluding hydrogens is 246 g/mol. The summed E-state index contributed by atoms with van der Waals surface area (Å²) in [5.41, 5.74) is 2.84. The topological polar surface area (TPSA) is 104 Å². The highest BCUT2D eigenvalue weighted by Crippen LogP contribution is 2.07. The van der Waals surface area contributed by atoms with E-state index in [-0.39, 0.29) is 12.3 Å². The van der Waals surface area contributed by atoms with Gasteiger partial charge >= 0.3 is 0 Å². The molecule has 0 radical (unpaired) electrons. The quantitative estimate of drug-likeness (QED) is 0.544. The number of nitrogens with one attached hydrogen (secondary N) is 1. The van der Waals surface area contributed by atoms with E-state index in [1.54, 1.807) is 24.1 Å². The number of pyridine rings is 1. The van der Waals surface area contributed by atoms with Crippen molar-refractivity contribution in [3.05, 3.63) is 23.9 Å². The molecule has 3 N–H and O–H groups in total. The lowest BCUT2D eigenvalue weighted by atomic mass is 10.2.